The van der Waals surface area contributed by atoms with E-state index in [0.717, 1.165) is 0 Å². The van der Waals surface area contributed by atoms with E-state index in [1.807, 2.05) is 0 Å². The summed E-state index contributed by atoms with van der Waals surface area (Å²) in [5.41, 5.74) is 0. The smallest absolute Gasteiger partial charge is 0.387 e. The Labute approximate surface area is 72.5 Å². The highest BCUT2D eigenvalue weighted by Gasteiger charge is 2.27. The first kappa shape index (κ1) is 12.2. The molecule has 0 fully saturated rings. The van der Waals surface area contributed by atoms with E-state index in [4.69, 9.17) is 25.4 Å². The van der Waals surface area contributed by atoms with Crippen LogP contribution in [0.3, 0.4) is 0 Å². The van der Waals surface area contributed by atoms with Crippen LogP contribution in [0.5, 0.6) is 0 Å². The molecule has 8 nitrogen and oxygen atoms in total. The average molecular weight is 213 g/mol. The molecule has 0 spiro atoms. The summed E-state index contributed by atoms with van der Waals surface area (Å²) in [7, 11) is -4.94. The number of hydrogen-bond acceptors (Lipinski definition) is 6. The third kappa shape index (κ3) is 4.71. The van der Waals surface area contributed by atoms with Crippen LogP contribution in [0.25, 0.3) is 0 Å². The van der Waals surface area contributed by atoms with Gasteiger partial charge in [-0.3, -0.25) is 15.2 Å². The molecule has 0 saturated heterocycles. The highest BCUT2D eigenvalue weighted by atomic mass is 31.2. The second kappa shape index (κ2) is 4.45. The third-order valence-corrected chi connectivity index (χ3v) is 1.38. The fourth-order valence-corrected chi connectivity index (χ4v) is 0.776. The van der Waals surface area contributed by atoms with Gasteiger partial charge in [-0.25, -0.2) is 4.57 Å². The second-order valence-electron chi connectivity index (χ2n) is 2.02. The monoisotopic (exact) mass is 213 g/mol. The van der Waals surface area contributed by atoms with Gasteiger partial charge in [0.15, 0.2) is 12.4 Å². The Balaban J connectivity index is 4.28. The Morgan fingerprint density at radius 2 is 1.92 bits per heavy atom. The maximum absolute atomic E-state index is 10.1. The fraction of sp³-hybridized carbons (Fsp3) is 0.500. The lowest BCUT2D eigenvalue weighted by Crippen LogP contribution is -2.35. The first-order valence-electron chi connectivity index (χ1n) is 2.93. The minimum atomic E-state index is -4.94. The van der Waals surface area contributed by atoms with E-state index in [1.165, 1.54) is 0 Å². The van der Waals surface area contributed by atoms with E-state index in [1.54, 1.807) is 0 Å². The summed E-state index contributed by atoms with van der Waals surface area (Å²) in [6.07, 6.45) is -4.12. The van der Waals surface area contributed by atoms with E-state index < -0.39 is 25.9 Å². The molecular formula is C4H8NO7P. The summed E-state index contributed by atoms with van der Waals surface area (Å²) in [6.45, 7) is 0. The van der Waals surface area contributed by atoms with Gasteiger partial charge in [-0.05, 0) is 0 Å². The van der Waals surface area contributed by atoms with Crippen molar-refractivity contribution < 1.29 is 33.9 Å². The number of phosphoric acid groups is 1. The molecule has 0 aliphatic rings. The molecule has 0 aromatic carbocycles. The van der Waals surface area contributed by atoms with Crippen LogP contribution in [-0.2, 0) is 13.9 Å². The van der Waals surface area contributed by atoms with Crippen molar-refractivity contribution in [1.29, 1.82) is 5.41 Å². The van der Waals surface area contributed by atoms with Crippen molar-refractivity contribution >= 4 is 20.0 Å². The molecule has 0 saturated carbocycles. The molecule has 5 N–H and O–H groups in total. The Bertz CT molecular complexity index is 247. The van der Waals surface area contributed by atoms with E-state index >= 15 is 0 Å². The number of aldehydes is 1. The van der Waals surface area contributed by atoms with Crippen molar-refractivity contribution in [2.75, 3.05) is 0 Å². The highest BCUT2D eigenvalue weighted by molar-refractivity contribution is 7.46. The van der Waals surface area contributed by atoms with Gasteiger partial charge >= 0.3 is 7.82 Å². The Morgan fingerprint density at radius 3 is 2.23 bits per heavy atom. The molecule has 0 aliphatic carbocycles. The minimum absolute atomic E-state index is 0.0950. The van der Waals surface area contributed by atoms with Crippen molar-refractivity contribution in [3.63, 3.8) is 0 Å². The van der Waals surface area contributed by atoms with Gasteiger partial charge in [0.1, 0.15) is 6.10 Å². The lowest BCUT2D eigenvalue weighted by molar-refractivity contribution is -0.118. The minimum Gasteiger partial charge on any atom is -0.387 e. The topological polar surface area (TPSA) is 148 Å². The number of carbonyl (C=O) groups excluding carboxylic acids is 1. The van der Waals surface area contributed by atoms with Crippen molar-refractivity contribution in [1.82, 2.24) is 0 Å². The average Bonchev–Trinajstić information content (AvgIpc) is 1.98. The number of hydrogen-bond donors (Lipinski definition) is 5. The van der Waals surface area contributed by atoms with Gasteiger partial charge in [0.25, 0.3) is 0 Å². The number of rotatable bonds is 4. The molecule has 0 radical (unpaired) electrons. The molecule has 0 amide bonds. The Kier molecular flexibility index (Phi) is 4.18. The van der Waals surface area contributed by atoms with Crippen LogP contribution in [0.4, 0.5) is 0 Å². The van der Waals surface area contributed by atoms with E-state index in [9.17, 15) is 9.36 Å². The molecule has 0 rings (SSSR count). The largest absolute Gasteiger partial charge is 0.525 e. The van der Waals surface area contributed by atoms with Crippen LogP contribution < -0.4 is 0 Å². The molecule has 0 aromatic rings. The fourth-order valence-electron chi connectivity index (χ4n) is 0.412. The summed E-state index contributed by atoms with van der Waals surface area (Å²) in [5.74, 6) is -1.27. The quantitative estimate of drug-likeness (QED) is 0.157. The predicted molar refractivity (Wildman–Crippen MR) is 38.9 cm³/mol. The summed E-state index contributed by atoms with van der Waals surface area (Å²) >= 11 is 0. The lowest BCUT2D eigenvalue weighted by atomic mass is 10.2. The van der Waals surface area contributed by atoms with Gasteiger partial charge in [0.2, 0.25) is 5.90 Å². The maximum atomic E-state index is 10.1. The molecule has 9 heteroatoms. The standard InChI is InChI=1S/C4H8NO7P/c5-4(12-13(9,10)11)3(8)2(7)1-6/h1-3,5,7-8H,(H2,9,10,11)/t2-,3-/m0/s1. The van der Waals surface area contributed by atoms with Crippen molar-refractivity contribution in [2.45, 2.75) is 12.2 Å². The van der Waals surface area contributed by atoms with Gasteiger partial charge in [-0.2, -0.15) is 0 Å². The van der Waals surface area contributed by atoms with E-state index in [0.29, 0.717) is 0 Å². The van der Waals surface area contributed by atoms with Crippen molar-refractivity contribution in [2.24, 2.45) is 0 Å². The number of aliphatic hydroxyl groups is 2. The molecule has 0 heterocycles. The van der Waals surface area contributed by atoms with Crippen LogP contribution in [-0.4, -0.2) is 44.4 Å². The predicted octanol–water partition coefficient (Wildman–Crippen LogP) is -2.01. The second-order valence-corrected chi connectivity index (χ2v) is 3.18. The van der Waals surface area contributed by atoms with Gasteiger partial charge in [-0.1, -0.05) is 0 Å². The number of phosphoric ester groups is 1. The van der Waals surface area contributed by atoms with Crippen LogP contribution in [0.1, 0.15) is 0 Å². The molecular weight excluding hydrogens is 205 g/mol. The van der Waals surface area contributed by atoms with Gasteiger partial charge < -0.3 is 19.5 Å². The Morgan fingerprint density at radius 1 is 1.46 bits per heavy atom. The van der Waals surface area contributed by atoms with Crippen LogP contribution in [0.2, 0.25) is 0 Å². The molecule has 0 aromatic heterocycles. The summed E-state index contributed by atoms with van der Waals surface area (Å²) in [5, 5.41) is 24.1. The third-order valence-electron chi connectivity index (χ3n) is 0.949. The molecule has 13 heavy (non-hydrogen) atoms. The van der Waals surface area contributed by atoms with Crippen LogP contribution in [0, 0.1) is 5.41 Å². The number of nitrogens with one attached hydrogen (secondary N) is 1. The van der Waals surface area contributed by atoms with Gasteiger partial charge in [-0.15, -0.1) is 0 Å². The lowest BCUT2D eigenvalue weighted by Gasteiger charge is -2.14. The van der Waals surface area contributed by atoms with Crippen molar-refractivity contribution in [3.05, 3.63) is 0 Å². The van der Waals surface area contributed by atoms with Crippen LogP contribution >= 0.6 is 7.82 Å². The first-order valence-corrected chi connectivity index (χ1v) is 4.46. The van der Waals surface area contributed by atoms with E-state index in [2.05, 4.69) is 4.52 Å². The van der Waals surface area contributed by atoms with Gasteiger partial charge in [0.05, 0.1) is 0 Å². The zero-order valence-electron chi connectivity index (χ0n) is 6.19. The number of aliphatic hydroxyl groups excluding tert-OH is 2. The SMILES string of the molecule is N=C(OP(=O)(O)O)[C@@H](O)[C@@H](O)C=O. The van der Waals surface area contributed by atoms with Crippen molar-refractivity contribution in [3.8, 4) is 0 Å². The molecule has 76 valence electrons. The normalized spacial score (nSPS) is 16.0. The summed E-state index contributed by atoms with van der Waals surface area (Å²) in [6, 6.07) is 0. The van der Waals surface area contributed by atoms with E-state index in [-0.39, 0.29) is 6.29 Å². The summed E-state index contributed by atoms with van der Waals surface area (Å²) < 4.78 is 13.7. The molecule has 0 unspecified atom stereocenters. The maximum Gasteiger partial charge on any atom is 0.525 e. The Hall–Kier alpha value is -0.790. The summed E-state index contributed by atoms with van der Waals surface area (Å²) in [4.78, 5) is 26.2. The highest BCUT2D eigenvalue weighted by Crippen LogP contribution is 2.36. The molecule has 0 aliphatic heterocycles. The number of carbonyl (C=O) groups is 1. The zero-order valence-corrected chi connectivity index (χ0v) is 7.09. The molecule has 2 atom stereocenters. The van der Waals surface area contributed by atoms with Gasteiger partial charge in [0, 0.05) is 0 Å². The molecule has 0 bridgehead atoms. The first-order chi connectivity index (χ1) is 5.78. The zero-order chi connectivity index (χ0) is 10.6. The van der Waals surface area contributed by atoms with Crippen LogP contribution in [0.15, 0.2) is 0 Å².